The highest BCUT2D eigenvalue weighted by atomic mass is 35.5. The first kappa shape index (κ1) is 25.0. The maximum Gasteiger partial charge on any atom is 0.311 e. The number of nitro groups is 1. The van der Waals surface area contributed by atoms with E-state index in [1.807, 2.05) is 0 Å². The van der Waals surface area contributed by atoms with Crippen molar-refractivity contribution in [1.29, 1.82) is 0 Å². The average Bonchev–Trinajstić information content (AvgIpc) is 2.82. The molecule has 2 amide bonds. The summed E-state index contributed by atoms with van der Waals surface area (Å²) in [6, 6.07) is 7.93. The first-order valence-electron chi connectivity index (χ1n) is 10.9. The molecular formula is C23H22ClFN6O5. The summed E-state index contributed by atoms with van der Waals surface area (Å²) in [7, 11) is 1.45. The van der Waals surface area contributed by atoms with Crippen molar-refractivity contribution in [2.45, 2.75) is 25.7 Å². The number of likely N-dealkylation sites (tertiary alicyclic amines) is 1. The van der Waals surface area contributed by atoms with Gasteiger partial charge in [-0.2, -0.15) is 0 Å². The summed E-state index contributed by atoms with van der Waals surface area (Å²) in [6.45, 7) is 0.684. The van der Waals surface area contributed by atoms with E-state index in [9.17, 15) is 28.9 Å². The molecule has 0 unspecified atom stereocenters. The zero-order valence-corrected chi connectivity index (χ0v) is 20.1. The van der Waals surface area contributed by atoms with Gasteiger partial charge in [0.15, 0.2) is 0 Å². The van der Waals surface area contributed by atoms with Gasteiger partial charge in [-0.3, -0.25) is 29.1 Å². The van der Waals surface area contributed by atoms with Crippen LogP contribution in [0, 0.1) is 10.1 Å². The molecule has 188 valence electrons. The third kappa shape index (κ3) is 4.85. The van der Waals surface area contributed by atoms with E-state index in [-0.39, 0.29) is 47.6 Å². The third-order valence-electron chi connectivity index (χ3n) is 5.84. The second-order valence-electron chi connectivity index (χ2n) is 8.68. The van der Waals surface area contributed by atoms with E-state index >= 15 is 0 Å². The van der Waals surface area contributed by atoms with Gasteiger partial charge in [0, 0.05) is 24.0 Å². The molecule has 2 N–H and O–H groups in total. The Labute approximate surface area is 209 Å². The van der Waals surface area contributed by atoms with Crippen molar-refractivity contribution < 1.29 is 18.9 Å². The van der Waals surface area contributed by atoms with Gasteiger partial charge in [-0.05, 0) is 30.7 Å². The normalized spacial score (nSPS) is 14.3. The molecule has 1 aliphatic rings. The largest absolute Gasteiger partial charge is 0.382 e. The number of pyridine rings is 2. The minimum absolute atomic E-state index is 0.0261. The predicted octanol–water partition coefficient (Wildman–Crippen LogP) is 2.50. The van der Waals surface area contributed by atoms with Crippen molar-refractivity contribution in [3.63, 3.8) is 0 Å². The first-order chi connectivity index (χ1) is 17.0. The van der Waals surface area contributed by atoms with Crippen LogP contribution in [0.25, 0.3) is 11.0 Å². The smallest absolute Gasteiger partial charge is 0.311 e. The van der Waals surface area contributed by atoms with Crippen LogP contribution in [-0.2, 0) is 17.9 Å². The standard InChI is InChI=1S/C23H22ClFN6O5/c1-23(25)11-29(12-23)18(32)10-30-20-15(19(26-2)17(9-27-20)31(35)36)7-16(22(30)34)21(33)28-8-13-3-5-14(24)6-4-13/h3-7,9H,8,10-12H2,1-2H3,(H,26,27)(H,28,33). The zero-order chi connectivity index (χ0) is 26.2. The highest BCUT2D eigenvalue weighted by Gasteiger charge is 2.41. The second kappa shape index (κ2) is 9.53. The lowest BCUT2D eigenvalue weighted by atomic mass is 9.99. The number of carbonyl (C=O) groups is 2. The predicted molar refractivity (Wildman–Crippen MR) is 131 cm³/mol. The molecule has 0 radical (unpaired) electrons. The Bertz CT molecular complexity index is 1430. The Kier molecular flexibility index (Phi) is 6.63. The molecule has 1 aromatic carbocycles. The lowest BCUT2D eigenvalue weighted by Crippen LogP contribution is -2.60. The fourth-order valence-corrected chi connectivity index (χ4v) is 4.18. The van der Waals surface area contributed by atoms with Crippen LogP contribution >= 0.6 is 11.6 Å². The number of aromatic nitrogens is 2. The molecule has 1 aliphatic heterocycles. The summed E-state index contributed by atoms with van der Waals surface area (Å²) in [5.41, 5.74) is -2.29. The molecule has 13 heteroatoms. The number of amides is 2. The Morgan fingerprint density at radius 3 is 2.53 bits per heavy atom. The van der Waals surface area contributed by atoms with E-state index in [0.29, 0.717) is 5.02 Å². The molecule has 0 aliphatic carbocycles. The molecule has 1 fully saturated rings. The number of nitrogens with zero attached hydrogens (tertiary/aromatic N) is 4. The Balaban J connectivity index is 1.77. The number of fused-ring (bicyclic) bond motifs is 1. The van der Waals surface area contributed by atoms with Gasteiger partial charge in [0.2, 0.25) is 5.91 Å². The van der Waals surface area contributed by atoms with Crippen LogP contribution in [0.1, 0.15) is 22.8 Å². The number of carbonyl (C=O) groups excluding carboxylic acids is 2. The van der Waals surface area contributed by atoms with E-state index in [0.717, 1.165) is 16.3 Å². The van der Waals surface area contributed by atoms with Crippen LogP contribution in [0.5, 0.6) is 0 Å². The Hall–Kier alpha value is -4.06. The van der Waals surface area contributed by atoms with Gasteiger partial charge in [-0.15, -0.1) is 0 Å². The molecule has 0 bridgehead atoms. The summed E-state index contributed by atoms with van der Waals surface area (Å²) in [6.07, 6.45) is 0.969. The molecule has 0 saturated carbocycles. The van der Waals surface area contributed by atoms with Crippen molar-refractivity contribution in [3.8, 4) is 0 Å². The molecule has 0 spiro atoms. The first-order valence-corrected chi connectivity index (χ1v) is 11.3. The maximum atomic E-state index is 13.9. The van der Waals surface area contributed by atoms with Crippen molar-refractivity contribution in [2.24, 2.45) is 0 Å². The fourth-order valence-electron chi connectivity index (χ4n) is 4.06. The topological polar surface area (TPSA) is 139 Å². The van der Waals surface area contributed by atoms with Crippen molar-refractivity contribution in [1.82, 2.24) is 19.8 Å². The van der Waals surface area contributed by atoms with Gasteiger partial charge in [0.25, 0.3) is 11.5 Å². The Morgan fingerprint density at radius 1 is 1.28 bits per heavy atom. The number of hydrogen-bond donors (Lipinski definition) is 2. The van der Waals surface area contributed by atoms with Crippen LogP contribution in [-0.4, -0.2) is 57.0 Å². The summed E-state index contributed by atoms with van der Waals surface area (Å²) < 4.78 is 14.9. The van der Waals surface area contributed by atoms with Crippen molar-refractivity contribution in [3.05, 3.63) is 73.1 Å². The van der Waals surface area contributed by atoms with E-state index in [1.165, 1.54) is 24.9 Å². The molecule has 3 heterocycles. The van der Waals surface area contributed by atoms with Crippen LogP contribution in [0.3, 0.4) is 0 Å². The van der Waals surface area contributed by atoms with Gasteiger partial charge in [0.05, 0.1) is 18.0 Å². The fraction of sp³-hybridized carbons (Fsp3) is 0.304. The highest BCUT2D eigenvalue weighted by Crippen LogP contribution is 2.31. The van der Waals surface area contributed by atoms with Crippen LogP contribution in [0.4, 0.5) is 15.8 Å². The van der Waals surface area contributed by atoms with Gasteiger partial charge in [-0.25, -0.2) is 9.37 Å². The molecule has 2 aromatic heterocycles. The molecule has 11 nitrogen and oxygen atoms in total. The van der Waals surface area contributed by atoms with Crippen LogP contribution in [0.15, 0.2) is 41.3 Å². The molecule has 1 saturated heterocycles. The zero-order valence-electron chi connectivity index (χ0n) is 19.4. The number of halogens is 2. The van der Waals surface area contributed by atoms with E-state index in [4.69, 9.17) is 11.6 Å². The van der Waals surface area contributed by atoms with Gasteiger partial charge >= 0.3 is 5.69 Å². The average molecular weight is 517 g/mol. The van der Waals surface area contributed by atoms with Crippen LogP contribution in [0.2, 0.25) is 5.02 Å². The minimum atomic E-state index is -1.51. The third-order valence-corrected chi connectivity index (χ3v) is 6.09. The SMILES string of the molecule is CNc1c([N+](=O)[O-])cnc2c1cc(C(=O)NCc1ccc(Cl)cc1)c(=O)n2CC(=O)N1CC(C)(F)C1. The molecular weight excluding hydrogens is 495 g/mol. The summed E-state index contributed by atoms with van der Waals surface area (Å²) in [5, 5.41) is 17.5. The minimum Gasteiger partial charge on any atom is -0.382 e. The lowest BCUT2D eigenvalue weighted by molar-refractivity contribution is -0.384. The summed E-state index contributed by atoms with van der Waals surface area (Å²) >= 11 is 5.88. The number of anilines is 1. The van der Waals surface area contributed by atoms with Gasteiger partial charge < -0.3 is 15.5 Å². The molecule has 0 atom stereocenters. The summed E-state index contributed by atoms with van der Waals surface area (Å²) in [5.74, 6) is -1.29. The highest BCUT2D eigenvalue weighted by molar-refractivity contribution is 6.30. The van der Waals surface area contributed by atoms with E-state index < -0.39 is 34.5 Å². The van der Waals surface area contributed by atoms with E-state index in [1.54, 1.807) is 24.3 Å². The van der Waals surface area contributed by atoms with Crippen molar-refractivity contribution in [2.75, 3.05) is 25.5 Å². The number of benzene rings is 1. The monoisotopic (exact) mass is 516 g/mol. The van der Waals surface area contributed by atoms with Crippen molar-refractivity contribution >= 4 is 45.8 Å². The quantitative estimate of drug-likeness (QED) is 0.363. The molecule has 36 heavy (non-hydrogen) atoms. The Morgan fingerprint density at radius 2 is 1.94 bits per heavy atom. The number of nitrogens with one attached hydrogen (secondary N) is 2. The van der Waals surface area contributed by atoms with Gasteiger partial charge in [-0.1, -0.05) is 23.7 Å². The maximum absolute atomic E-state index is 13.9. The molecule has 3 aromatic rings. The second-order valence-corrected chi connectivity index (χ2v) is 9.12. The van der Waals surface area contributed by atoms with Gasteiger partial charge in [0.1, 0.15) is 35.3 Å². The lowest BCUT2D eigenvalue weighted by Gasteiger charge is -2.42. The number of hydrogen-bond acceptors (Lipinski definition) is 7. The number of rotatable bonds is 7. The van der Waals surface area contributed by atoms with Crippen LogP contribution < -0.4 is 16.2 Å². The summed E-state index contributed by atoms with van der Waals surface area (Å²) in [4.78, 5) is 55.3. The number of alkyl halides is 1. The van der Waals surface area contributed by atoms with E-state index in [2.05, 4.69) is 15.6 Å². The molecule has 4 rings (SSSR count).